The average molecular weight is 381 g/mol. The number of carboxylic acid groups (broad SMARTS) is 1. The first-order valence-corrected chi connectivity index (χ1v) is 9.53. The maximum atomic E-state index is 12.9. The molecule has 0 spiro atoms. The van der Waals surface area contributed by atoms with Gasteiger partial charge in [0, 0.05) is 24.5 Å². The van der Waals surface area contributed by atoms with Crippen molar-refractivity contribution in [3.8, 4) is 6.07 Å². The third kappa shape index (κ3) is 4.23. The third-order valence-corrected chi connectivity index (χ3v) is 5.43. The lowest BCUT2D eigenvalue weighted by molar-refractivity contribution is -0.137. The van der Waals surface area contributed by atoms with E-state index < -0.39 is 5.97 Å². The number of hydrogen-bond donors (Lipinski definition) is 1. The molecule has 2 aromatic rings. The molecule has 1 aromatic carbocycles. The third-order valence-electron chi connectivity index (χ3n) is 4.71. The van der Waals surface area contributed by atoms with E-state index in [1.165, 1.54) is 17.4 Å². The fourth-order valence-electron chi connectivity index (χ4n) is 3.27. The van der Waals surface area contributed by atoms with Gasteiger partial charge in [-0.3, -0.25) is 9.59 Å². The van der Waals surface area contributed by atoms with Gasteiger partial charge in [0.25, 0.3) is 5.91 Å². The van der Waals surface area contributed by atoms with Crippen molar-refractivity contribution in [1.82, 2.24) is 9.88 Å². The van der Waals surface area contributed by atoms with Crippen LogP contribution in [0.3, 0.4) is 0 Å². The van der Waals surface area contributed by atoms with E-state index in [9.17, 15) is 14.9 Å². The molecular weight excluding hydrogens is 362 g/mol. The van der Waals surface area contributed by atoms with Crippen LogP contribution in [0.5, 0.6) is 0 Å². The number of aromatic nitrogens is 1. The number of thiazole rings is 1. The maximum Gasteiger partial charge on any atom is 0.303 e. The molecule has 0 aliphatic carbocycles. The van der Waals surface area contributed by atoms with Crippen molar-refractivity contribution in [2.24, 2.45) is 0 Å². The van der Waals surface area contributed by atoms with Crippen molar-refractivity contribution < 1.29 is 14.7 Å². The summed E-state index contributed by atoms with van der Waals surface area (Å²) < 4.78 is 0. The van der Waals surface area contributed by atoms with Gasteiger partial charge in [0.1, 0.15) is 16.6 Å². The standard InChI is InChI=1S/C20H19N3O3S/c1-13-17-10-14(3-5-19(24)25)2-4-15(17)6-8-23(13)20(26)16(12-21)11-18-22-7-9-27-18/h2,4,7,9-11,13H,3,5-6,8H2,1H3,(H,24,25)/b16-11-. The Labute approximate surface area is 161 Å². The summed E-state index contributed by atoms with van der Waals surface area (Å²) in [7, 11) is 0. The second-order valence-corrected chi connectivity index (χ2v) is 7.32. The number of carbonyl (C=O) groups is 2. The first kappa shape index (κ1) is 18.8. The molecule has 1 unspecified atom stereocenters. The zero-order chi connectivity index (χ0) is 19.4. The molecule has 1 aromatic heterocycles. The van der Waals surface area contributed by atoms with E-state index >= 15 is 0 Å². The van der Waals surface area contributed by atoms with Crippen molar-refractivity contribution in [3.63, 3.8) is 0 Å². The maximum absolute atomic E-state index is 12.9. The molecule has 1 N–H and O–H groups in total. The van der Waals surface area contributed by atoms with Crippen molar-refractivity contribution in [2.75, 3.05) is 6.54 Å². The predicted molar refractivity (Wildman–Crippen MR) is 102 cm³/mol. The topological polar surface area (TPSA) is 94.3 Å². The zero-order valence-electron chi connectivity index (χ0n) is 14.9. The highest BCUT2D eigenvalue weighted by Gasteiger charge is 2.29. The van der Waals surface area contributed by atoms with E-state index in [1.54, 1.807) is 16.5 Å². The number of amides is 1. The Morgan fingerprint density at radius 3 is 2.96 bits per heavy atom. The Balaban J connectivity index is 1.83. The number of nitriles is 1. The summed E-state index contributed by atoms with van der Waals surface area (Å²) in [6.45, 7) is 2.48. The zero-order valence-corrected chi connectivity index (χ0v) is 15.7. The van der Waals surface area contributed by atoms with E-state index in [0.717, 1.165) is 16.7 Å². The van der Waals surface area contributed by atoms with Gasteiger partial charge >= 0.3 is 5.97 Å². The van der Waals surface area contributed by atoms with Crippen molar-refractivity contribution in [3.05, 3.63) is 57.0 Å². The van der Waals surface area contributed by atoms with Crippen LogP contribution in [0.4, 0.5) is 0 Å². The molecule has 1 amide bonds. The molecule has 3 rings (SSSR count). The second kappa shape index (κ2) is 8.14. The Hall–Kier alpha value is -2.98. The van der Waals surface area contributed by atoms with Gasteiger partial charge in [-0.1, -0.05) is 18.2 Å². The number of fused-ring (bicyclic) bond motifs is 1. The smallest absolute Gasteiger partial charge is 0.303 e. The summed E-state index contributed by atoms with van der Waals surface area (Å²) in [5.74, 6) is -1.13. The fourth-order valence-corrected chi connectivity index (χ4v) is 3.84. The Kier molecular flexibility index (Phi) is 5.67. The van der Waals surface area contributed by atoms with Gasteiger partial charge in [-0.25, -0.2) is 4.98 Å². The quantitative estimate of drug-likeness (QED) is 0.634. The monoisotopic (exact) mass is 381 g/mol. The molecule has 138 valence electrons. The molecule has 27 heavy (non-hydrogen) atoms. The van der Waals surface area contributed by atoms with E-state index in [2.05, 4.69) is 4.98 Å². The van der Waals surface area contributed by atoms with E-state index in [1.807, 2.05) is 31.2 Å². The number of carbonyl (C=O) groups excluding carboxylic acids is 1. The molecule has 1 aliphatic rings. The molecule has 0 saturated heterocycles. The highest BCUT2D eigenvalue weighted by molar-refractivity contribution is 7.10. The van der Waals surface area contributed by atoms with E-state index in [0.29, 0.717) is 24.4 Å². The fraction of sp³-hybridized carbons (Fsp3) is 0.300. The summed E-state index contributed by atoms with van der Waals surface area (Å²) >= 11 is 1.37. The van der Waals surface area contributed by atoms with Gasteiger partial charge in [-0.05, 0) is 42.5 Å². The van der Waals surface area contributed by atoms with Gasteiger partial charge in [0.2, 0.25) is 0 Å². The van der Waals surface area contributed by atoms with Crippen LogP contribution in [0.1, 0.15) is 41.1 Å². The van der Waals surface area contributed by atoms with Crippen molar-refractivity contribution in [1.29, 1.82) is 5.26 Å². The number of aliphatic carboxylic acids is 1. The summed E-state index contributed by atoms with van der Waals surface area (Å²) in [5, 5.41) is 20.7. The molecule has 1 aliphatic heterocycles. The van der Waals surface area contributed by atoms with Crippen LogP contribution in [0, 0.1) is 11.3 Å². The lowest BCUT2D eigenvalue weighted by Gasteiger charge is -2.35. The molecule has 2 heterocycles. The number of nitrogens with zero attached hydrogens (tertiary/aromatic N) is 3. The first-order valence-electron chi connectivity index (χ1n) is 8.65. The minimum absolute atomic E-state index is 0.0716. The minimum Gasteiger partial charge on any atom is -0.481 e. The summed E-state index contributed by atoms with van der Waals surface area (Å²) in [6, 6.07) is 7.77. The van der Waals surface area contributed by atoms with Crippen LogP contribution in [-0.2, 0) is 22.4 Å². The largest absolute Gasteiger partial charge is 0.481 e. The van der Waals surface area contributed by atoms with Crippen molar-refractivity contribution >= 4 is 29.3 Å². The number of carboxylic acids is 1. The minimum atomic E-state index is -0.830. The average Bonchev–Trinajstić information content (AvgIpc) is 3.17. The van der Waals surface area contributed by atoms with Gasteiger partial charge in [-0.2, -0.15) is 5.26 Å². The second-order valence-electron chi connectivity index (χ2n) is 6.39. The molecule has 1 atom stereocenters. The Morgan fingerprint density at radius 2 is 2.30 bits per heavy atom. The van der Waals surface area contributed by atoms with E-state index in [-0.39, 0.29) is 23.9 Å². The number of aryl methyl sites for hydroxylation is 1. The van der Waals surface area contributed by atoms with Crippen molar-refractivity contribution in [2.45, 2.75) is 32.2 Å². The molecule has 6 nitrogen and oxygen atoms in total. The molecular formula is C20H19N3O3S. The highest BCUT2D eigenvalue weighted by atomic mass is 32.1. The van der Waals surface area contributed by atoms with Crippen LogP contribution in [0.25, 0.3) is 6.08 Å². The molecule has 7 heteroatoms. The highest BCUT2D eigenvalue weighted by Crippen LogP contribution is 2.31. The molecule has 0 fully saturated rings. The van der Waals surface area contributed by atoms with E-state index in [4.69, 9.17) is 5.11 Å². The first-order chi connectivity index (χ1) is 13.0. The molecule has 0 radical (unpaired) electrons. The van der Waals surface area contributed by atoms with Crippen LogP contribution in [0.15, 0.2) is 35.3 Å². The predicted octanol–water partition coefficient (Wildman–Crippen LogP) is 3.21. The number of benzene rings is 1. The Bertz CT molecular complexity index is 928. The van der Waals surface area contributed by atoms with Crippen LogP contribution < -0.4 is 0 Å². The normalized spacial score (nSPS) is 16.5. The molecule has 0 saturated carbocycles. The number of rotatable bonds is 5. The summed E-state index contributed by atoms with van der Waals surface area (Å²) in [6.07, 6.45) is 4.40. The van der Waals surface area contributed by atoms with Gasteiger partial charge in [-0.15, -0.1) is 11.3 Å². The molecule has 0 bridgehead atoms. The SMILES string of the molecule is CC1c2cc(CCC(=O)O)ccc2CCN1C(=O)/C(C#N)=C\c1nccs1. The van der Waals surface area contributed by atoms with Gasteiger partial charge in [0.15, 0.2) is 0 Å². The lowest BCUT2D eigenvalue weighted by Crippen LogP contribution is -2.39. The van der Waals surface area contributed by atoms with Crippen LogP contribution in [0.2, 0.25) is 0 Å². The lowest BCUT2D eigenvalue weighted by atomic mass is 9.90. The summed E-state index contributed by atoms with van der Waals surface area (Å²) in [5.41, 5.74) is 3.19. The van der Waals surface area contributed by atoms with Crippen LogP contribution >= 0.6 is 11.3 Å². The number of hydrogen-bond acceptors (Lipinski definition) is 5. The van der Waals surface area contributed by atoms with Gasteiger partial charge in [0.05, 0.1) is 6.04 Å². The Morgan fingerprint density at radius 1 is 1.48 bits per heavy atom. The van der Waals surface area contributed by atoms with Gasteiger partial charge < -0.3 is 10.0 Å². The van der Waals surface area contributed by atoms with Crippen LogP contribution in [-0.4, -0.2) is 33.4 Å². The summed E-state index contributed by atoms with van der Waals surface area (Å²) in [4.78, 5) is 29.5.